The zero-order chi connectivity index (χ0) is 14.5. The molecular formula is C15H22N4O. The lowest BCUT2D eigenvalue weighted by Gasteiger charge is -2.13. The van der Waals surface area contributed by atoms with Gasteiger partial charge in [0.1, 0.15) is 5.75 Å². The normalized spacial score (nSPS) is 10.4. The quantitative estimate of drug-likeness (QED) is 0.879. The van der Waals surface area contributed by atoms with E-state index in [1.54, 1.807) is 0 Å². The Kier molecular flexibility index (Phi) is 4.50. The Morgan fingerprint density at radius 1 is 1.35 bits per heavy atom. The number of nitrogens with one attached hydrogen (secondary N) is 1. The Labute approximate surface area is 120 Å². The van der Waals surface area contributed by atoms with E-state index >= 15 is 0 Å². The Bertz CT molecular complexity index is 563. The Balaban J connectivity index is 2.03. The molecule has 0 fully saturated rings. The van der Waals surface area contributed by atoms with Crippen molar-refractivity contribution in [1.82, 2.24) is 9.55 Å². The molecular weight excluding hydrogens is 252 g/mol. The van der Waals surface area contributed by atoms with Crippen LogP contribution in [0.2, 0.25) is 0 Å². The summed E-state index contributed by atoms with van der Waals surface area (Å²) in [6.45, 7) is 3.39. The number of hydrogen-bond donors (Lipinski definition) is 1. The number of rotatable bonds is 6. The van der Waals surface area contributed by atoms with Gasteiger partial charge in [0.2, 0.25) is 5.95 Å². The number of hydrogen-bond acceptors (Lipinski definition) is 4. The minimum absolute atomic E-state index is 0.678. The van der Waals surface area contributed by atoms with Crippen LogP contribution in [0.4, 0.5) is 11.6 Å². The molecule has 0 radical (unpaired) electrons. The third-order valence-electron chi connectivity index (χ3n) is 3.08. The zero-order valence-electron chi connectivity index (χ0n) is 12.6. The van der Waals surface area contributed by atoms with Crippen molar-refractivity contribution in [2.45, 2.75) is 13.5 Å². The molecule has 0 unspecified atom stereocenters. The van der Waals surface area contributed by atoms with E-state index in [-0.39, 0.29) is 0 Å². The van der Waals surface area contributed by atoms with Gasteiger partial charge in [0.15, 0.2) is 0 Å². The second-order valence-electron chi connectivity index (χ2n) is 4.82. The van der Waals surface area contributed by atoms with E-state index in [0.717, 1.165) is 29.6 Å². The maximum atomic E-state index is 5.49. The molecule has 0 aliphatic heterocycles. The second-order valence-corrected chi connectivity index (χ2v) is 4.82. The summed E-state index contributed by atoms with van der Waals surface area (Å²) in [5, 5.41) is 3.39. The standard InChI is InChI=1S/C15H22N4O/c1-5-20-14-8-6-7-12(9-14)16-10-13-11-17-15(18(2)3)19(13)4/h6-9,11,16H,5,10H2,1-4H3. The molecule has 108 valence electrons. The molecule has 20 heavy (non-hydrogen) atoms. The third kappa shape index (κ3) is 3.23. The Morgan fingerprint density at radius 3 is 2.80 bits per heavy atom. The second kappa shape index (κ2) is 6.32. The van der Waals surface area contributed by atoms with Crippen LogP contribution >= 0.6 is 0 Å². The van der Waals surface area contributed by atoms with E-state index in [1.165, 1.54) is 0 Å². The fourth-order valence-electron chi connectivity index (χ4n) is 2.07. The summed E-state index contributed by atoms with van der Waals surface area (Å²) in [6.07, 6.45) is 1.90. The molecule has 0 spiro atoms. The van der Waals surface area contributed by atoms with Gasteiger partial charge in [-0.25, -0.2) is 4.98 Å². The first-order valence-electron chi connectivity index (χ1n) is 6.76. The van der Waals surface area contributed by atoms with Crippen molar-refractivity contribution in [3.05, 3.63) is 36.2 Å². The highest BCUT2D eigenvalue weighted by Gasteiger charge is 2.07. The molecule has 0 saturated carbocycles. The van der Waals surface area contributed by atoms with Crippen molar-refractivity contribution in [3.8, 4) is 5.75 Å². The van der Waals surface area contributed by atoms with Gasteiger partial charge in [-0.15, -0.1) is 0 Å². The lowest BCUT2D eigenvalue weighted by Crippen LogP contribution is -2.15. The molecule has 2 rings (SSSR count). The maximum Gasteiger partial charge on any atom is 0.204 e. The fraction of sp³-hybridized carbons (Fsp3) is 0.400. The molecule has 0 saturated heterocycles. The van der Waals surface area contributed by atoms with Gasteiger partial charge in [0.25, 0.3) is 0 Å². The van der Waals surface area contributed by atoms with Gasteiger partial charge in [-0.3, -0.25) is 0 Å². The highest BCUT2D eigenvalue weighted by Crippen LogP contribution is 2.18. The summed E-state index contributed by atoms with van der Waals surface area (Å²) in [5.74, 6) is 1.83. The van der Waals surface area contributed by atoms with Crippen LogP contribution in [0, 0.1) is 0 Å². The van der Waals surface area contributed by atoms with Crippen LogP contribution < -0.4 is 15.0 Å². The van der Waals surface area contributed by atoms with Gasteiger partial charge >= 0.3 is 0 Å². The Hall–Kier alpha value is -2.17. The minimum Gasteiger partial charge on any atom is -0.494 e. The SMILES string of the molecule is CCOc1cccc(NCc2cnc(N(C)C)n2C)c1. The number of anilines is 2. The third-order valence-corrected chi connectivity index (χ3v) is 3.08. The zero-order valence-corrected chi connectivity index (χ0v) is 12.6. The monoisotopic (exact) mass is 274 g/mol. The average Bonchev–Trinajstić information content (AvgIpc) is 2.79. The van der Waals surface area contributed by atoms with E-state index < -0.39 is 0 Å². The van der Waals surface area contributed by atoms with Crippen LogP contribution in [0.15, 0.2) is 30.5 Å². The first kappa shape index (κ1) is 14.2. The minimum atomic E-state index is 0.678. The summed E-state index contributed by atoms with van der Waals surface area (Å²) >= 11 is 0. The fourth-order valence-corrected chi connectivity index (χ4v) is 2.07. The van der Waals surface area contributed by atoms with Crippen LogP contribution in [-0.4, -0.2) is 30.3 Å². The Morgan fingerprint density at radius 2 is 2.15 bits per heavy atom. The van der Waals surface area contributed by atoms with E-state index in [0.29, 0.717) is 6.61 Å². The van der Waals surface area contributed by atoms with E-state index in [2.05, 4.69) is 14.9 Å². The average molecular weight is 274 g/mol. The summed E-state index contributed by atoms with van der Waals surface area (Å²) in [4.78, 5) is 6.40. The van der Waals surface area contributed by atoms with E-state index in [9.17, 15) is 0 Å². The largest absolute Gasteiger partial charge is 0.494 e. The molecule has 2 aromatic rings. The molecule has 0 aliphatic rings. The van der Waals surface area contributed by atoms with Crippen LogP contribution in [0.25, 0.3) is 0 Å². The molecule has 1 aromatic carbocycles. The van der Waals surface area contributed by atoms with Gasteiger partial charge < -0.3 is 19.5 Å². The first-order chi connectivity index (χ1) is 9.61. The summed E-state index contributed by atoms with van der Waals surface area (Å²) in [5.41, 5.74) is 2.18. The molecule has 0 aliphatic carbocycles. The molecule has 1 aromatic heterocycles. The summed E-state index contributed by atoms with van der Waals surface area (Å²) in [6, 6.07) is 7.99. The van der Waals surface area contributed by atoms with Crippen molar-refractivity contribution in [3.63, 3.8) is 0 Å². The summed E-state index contributed by atoms with van der Waals surface area (Å²) in [7, 11) is 6.01. The van der Waals surface area contributed by atoms with E-state index in [4.69, 9.17) is 4.74 Å². The molecule has 1 N–H and O–H groups in total. The molecule has 5 heteroatoms. The van der Waals surface area contributed by atoms with Crippen molar-refractivity contribution < 1.29 is 4.74 Å². The predicted molar refractivity (Wildman–Crippen MR) is 82.5 cm³/mol. The van der Waals surface area contributed by atoms with Gasteiger partial charge in [-0.1, -0.05) is 6.07 Å². The molecule has 0 bridgehead atoms. The van der Waals surface area contributed by atoms with Crippen molar-refractivity contribution in [1.29, 1.82) is 0 Å². The van der Waals surface area contributed by atoms with Gasteiger partial charge in [-0.2, -0.15) is 0 Å². The number of aromatic nitrogens is 2. The topological polar surface area (TPSA) is 42.3 Å². The van der Waals surface area contributed by atoms with E-state index in [1.807, 2.05) is 63.4 Å². The van der Waals surface area contributed by atoms with Crippen molar-refractivity contribution in [2.24, 2.45) is 7.05 Å². The molecule has 0 amide bonds. The first-order valence-corrected chi connectivity index (χ1v) is 6.76. The number of benzene rings is 1. The van der Waals surface area contributed by atoms with Gasteiger partial charge in [0, 0.05) is 32.9 Å². The number of ether oxygens (including phenoxy) is 1. The predicted octanol–water partition coefficient (Wildman–Crippen LogP) is 2.50. The van der Waals surface area contributed by atoms with Crippen LogP contribution in [0.1, 0.15) is 12.6 Å². The number of imidazole rings is 1. The molecule has 5 nitrogen and oxygen atoms in total. The van der Waals surface area contributed by atoms with Gasteiger partial charge in [-0.05, 0) is 19.1 Å². The molecule has 1 heterocycles. The smallest absolute Gasteiger partial charge is 0.204 e. The van der Waals surface area contributed by atoms with Crippen LogP contribution in [-0.2, 0) is 13.6 Å². The van der Waals surface area contributed by atoms with Crippen LogP contribution in [0.3, 0.4) is 0 Å². The molecule has 0 atom stereocenters. The van der Waals surface area contributed by atoms with Crippen molar-refractivity contribution in [2.75, 3.05) is 30.9 Å². The lowest BCUT2D eigenvalue weighted by atomic mass is 10.3. The highest BCUT2D eigenvalue weighted by atomic mass is 16.5. The summed E-state index contributed by atoms with van der Waals surface area (Å²) < 4.78 is 7.58. The number of nitrogens with zero attached hydrogens (tertiary/aromatic N) is 3. The lowest BCUT2D eigenvalue weighted by molar-refractivity contribution is 0.340. The van der Waals surface area contributed by atoms with Crippen LogP contribution in [0.5, 0.6) is 5.75 Å². The van der Waals surface area contributed by atoms with Crippen molar-refractivity contribution >= 4 is 11.6 Å². The highest BCUT2D eigenvalue weighted by molar-refractivity contribution is 5.48. The maximum absolute atomic E-state index is 5.49. The van der Waals surface area contributed by atoms with Gasteiger partial charge in [0.05, 0.1) is 25.0 Å².